The SMILES string of the molecule is CCC(=O)N1N=C(c2c(O)n(C)c(=O)[nH]c2=O)C[C@H]1c1ccc(C(C)C)cc1. The maximum Gasteiger partial charge on any atom is 0.330 e. The molecule has 1 aliphatic heterocycles. The van der Waals surface area contributed by atoms with E-state index in [9.17, 15) is 19.5 Å². The molecule has 148 valence electrons. The molecule has 2 aromatic rings. The minimum atomic E-state index is -0.723. The van der Waals surface area contributed by atoms with Gasteiger partial charge in [0.1, 0.15) is 5.56 Å². The molecule has 28 heavy (non-hydrogen) atoms. The minimum absolute atomic E-state index is 0.0858. The van der Waals surface area contributed by atoms with Gasteiger partial charge >= 0.3 is 5.69 Å². The predicted octanol–water partition coefficient (Wildman–Crippen LogP) is 1.99. The highest BCUT2D eigenvalue weighted by Crippen LogP contribution is 2.34. The van der Waals surface area contributed by atoms with E-state index in [-0.39, 0.29) is 36.1 Å². The van der Waals surface area contributed by atoms with Crippen LogP contribution in [0.15, 0.2) is 39.0 Å². The third-order valence-corrected chi connectivity index (χ3v) is 5.04. The minimum Gasteiger partial charge on any atom is -0.494 e. The molecule has 0 fully saturated rings. The largest absolute Gasteiger partial charge is 0.494 e. The van der Waals surface area contributed by atoms with Crippen molar-refractivity contribution < 1.29 is 9.90 Å². The summed E-state index contributed by atoms with van der Waals surface area (Å²) in [7, 11) is 1.35. The van der Waals surface area contributed by atoms with Gasteiger partial charge in [-0.3, -0.25) is 19.1 Å². The summed E-state index contributed by atoms with van der Waals surface area (Å²) in [6, 6.07) is 7.57. The molecule has 0 spiro atoms. The highest BCUT2D eigenvalue weighted by Gasteiger charge is 2.34. The van der Waals surface area contributed by atoms with Crippen LogP contribution in [0.1, 0.15) is 62.3 Å². The third-order valence-electron chi connectivity index (χ3n) is 5.04. The number of hydrazone groups is 1. The van der Waals surface area contributed by atoms with E-state index in [4.69, 9.17) is 0 Å². The number of hydrogen-bond donors (Lipinski definition) is 2. The lowest BCUT2D eigenvalue weighted by Crippen LogP contribution is -2.32. The van der Waals surface area contributed by atoms with Crippen molar-refractivity contribution in [1.29, 1.82) is 0 Å². The van der Waals surface area contributed by atoms with E-state index >= 15 is 0 Å². The molecule has 1 atom stereocenters. The number of nitrogens with one attached hydrogen (secondary N) is 1. The average molecular weight is 384 g/mol. The summed E-state index contributed by atoms with van der Waals surface area (Å²) in [6.45, 7) is 5.95. The summed E-state index contributed by atoms with van der Waals surface area (Å²) < 4.78 is 0.940. The maximum absolute atomic E-state index is 12.5. The zero-order chi connectivity index (χ0) is 20.6. The Morgan fingerprint density at radius 1 is 1.29 bits per heavy atom. The van der Waals surface area contributed by atoms with Gasteiger partial charge in [-0.25, -0.2) is 9.80 Å². The molecule has 8 heteroatoms. The number of benzene rings is 1. The topological polar surface area (TPSA) is 108 Å². The molecule has 1 aromatic heterocycles. The van der Waals surface area contributed by atoms with Crippen LogP contribution in [0.3, 0.4) is 0 Å². The van der Waals surface area contributed by atoms with E-state index in [0.717, 1.165) is 10.1 Å². The molecule has 3 rings (SSSR count). The van der Waals surface area contributed by atoms with Gasteiger partial charge in [-0.1, -0.05) is 45.0 Å². The Labute approximate surface area is 162 Å². The monoisotopic (exact) mass is 384 g/mol. The van der Waals surface area contributed by atoms with Gasteiger partial charge in [0.2, 0.25) is 11.8 Å². The summed E-state index contributed by atoms with van der Waals surface area (Å²) >= 11 is 0. The third kappa shape index (κ3) is 3.37. The van der Waals surface area contributed by atoms with Gasteiger partial charge in [-0.15, -0.1) is 0 Å². The van der Waals surface area contributed by atoms with Crippen molar-refractivity contribution in [1.82, 2.24) is 14.6 Å². The van der Waals surface area contributed by atoms with Crippen LogP contribution >= 0.6 is 0 Å². The summed E-state index contributed by atoms with van der Waals surface area (Å²) in [6.07, 6.45) is 0.522. The molecule has 0 saturated heterocycles. The first kappa shape index (κ1) is 19.6. The Kier molecular flexibility index (Phi) is 5.22. The fourth-order valence-corrected chi connectivity index (χ4v) is 3.28. The highest BCUT2D eigenvalue weighted by molar-refractivity contribution is 6.04. The van der Waals surface area contributed by atoms with E-state index in [1.807, 2.05) is 24.3 Å². The molecular weight excluding hydrogens is 360 g/mol. The molecule has 0 bridgehead atoms. The first-order chi connectivity index (χ1) is 13.2. The smallest absolute Gasteiger partial charge is 0.330 e. The van der Waals surface area contributed by atoms with E-state index in [1.165, 1.54) is 17.6 Å². The maximum atomic E-state index is 12.5. The molecule has 1 aromatic carbocycles. The molecule has 0 unspecified atom stereocenters. The molecule has 8 nitrogen and oxygen atoms in total. The van der Waals surface area contributed by atoms with Crippen molar-refractivity contribution >= 4 is 11.6 Å². The van der Waals surface area contributed by atoms with Crippen LogP contribution in [0.2, 0.25) is 0 Å². The molecule has 1 amide bonds. The Morgan fingerprint density at radius 2 is 1.93 bits per heavy atom. The van der Waals surface area contributed by atoms with Gasteiger partial charge in [0.15, 0.2) is 0 Å². The Balaban J connectivity index is 2.05. The number of carbonyl (C=O) groups excluding carboxylic acids is 1. The average Bonchev–Trinajstić information content (AvgIpc) is 3.10. The molecule has 2 heterocycles. The summed E-state index contributed by atoms with van der Waals surface area (Å²) in [4.78, 5) is 38.6. The van der Waals surface area contributed by atoms with E-state index in [0.29, 0.717) is 5.92 Å². The lowest BCUT2D eigenvalue weighted by atomic mass is 9.95. The van der Waals surface area contributed by atoms with Crippen molar-refractivity contribution in [3.05, 3.63) is 61.8 Å². The summed E-state index contributed by atoms with van der Waals surface area (Å²) in [5, 5.41) is 16.0. The van der Waals surface area contributed by atoms with Crippen molar-refractivity contribution in [3.8, 4) is 5.88 Å². The van der Waals surface area contributed by atoms with E-state index < -0.39 is 17.1 Å². The molecule has 2 N–H and O–H groups in total. The number of aromatic hydroxyl groups is 1. The Morgan fingerprint density at radius 3 is 2.50 bits per heavy atom. The number of rotatable bonds is 4. The van der Waals surface area contributed by atoms with Crippen LogP contribution in [-0.2, 0) is 11.8 Å². The van der Waals surface area contributed by atoms with Crippen LogP contribution in [0.25, 0.3) is 0 Å². The molecule has 0 saturated carbocycles. The van der Waals surface area contributed by atoms with Gasteiger partial charge in [0.05, 0.1) is 11.8 Å². The van der Waals surface area contributed by atoms with Crippen LogP contribution in [0.4, 0.5) is 0 Å². The highest BCUT2D eigenvalue weighted by atomic mass is 16.3. The summed E-state index contributed by atoms with van der Waals surface area (Å²) in [5.41, 5.74) is 0.826. The number of carbonyl (C=O) groups is 1. The van der Waals surface area contributed by atoms with Gasteiger partial charge in [-0.2, -0.15) is 5.10 Å². The van der Waals surface area contributed by atoms with E-state index in [1.54, 1.807) is 6.92 Å². The van der Waals surface area contributed by atoms with Crippen molar-refractivity contribution in [3.63, 3.8) is 0 Å². The zero-order valence-corrected chi connectivity index (χ0v) is 16.4. The van der Waals surface area contributed by atoms with E-state index in [2.05, 4.69) is 23.9 Å². The molecule has 0 radical (unpaired) electrons. The number of H-pyrrole nitrogens is 1. The number of aromatic amines is 1. The molecular formula is C20H24N4O4. The van der Waals surface area contributed by atoms with Crippen LogP contribution < -0.4 is 11.2 Å². The lowest BCUT2D eigenvalue weighted by molar-refractivity contribution is -0.132. The van der Waals surface area contributed by atoms with Crippen LogP contribution in [0.5, 0.6) is 5.88 Å². The van der Waals surface area contributed by atoms with Crippen molar-refractivity contribution in [2.45, 2.75) is 45.6 Å². The number of nitrogens with zero attached hydrogens (tertiary/aromatic N) is 3. The van der Waals surface area contributed by atoms with Gasteiger partial charge in [0.25, 0.3) is 5.56 Å². The van der Waals surface area contributed by atoms with Crippen molar-refractivity contribution in [2.24, 2.45) is 12.1 Å². The fraction of sp³-hybridized carbons (Fsp3) is 0.400. The Bertz CT molecular complexity index is 1050. The van der Waals surface area contributed by atoms with Gasteiger partial charge in [-0.05, 0) is 17.0 Å². The van der Waals surface area contributed by atoms with Crippen LogP contribution in [0, 0.1) is 0 Å². The van der Waals surface area contributed by atoms with Gasteiger partial charge < -0.3 is 5.11 Å². The fourth-order valence-electron chi connectivity index (χ4n) is 3.28. The first-order valence-corrected chi connectivity index (χ1v) is 9.26. The van der Waals surface area contributed by atoms with Crippen molar-refractivity contribution in [2.75, 3.05) is 0 Å². The Hall–Kier alpha value is -3.16. The molecule has 1 aliphatic rings. The first-order valence-electron chi connectivity index (χ1n) is 9.26. The molecule has 0 aliphatic carbocycles. The second kappa shape index (κ2) is 7.46. The number of amides is 1. The zero-order valence-electron chi connectivity index (χ0n) is 16.4. The quantitative estimate of drug-likeness (QED) is 0.840. The van der Waals surface area contributed by atoms with Gasteiger partial charge in [0, 0.05) is 19.9 Å². The van der Waals surface area contributed by atoms with Crippen LogP contribution in [-0.4, -0.2) is 31.3 Å². The summed E-state index contributed by atoms with van der Waals surface area (Å²) in [5.74, 6) is -0.264. The lowest BCUT2D eigenvalue weighted by Gasteiger charge is -2.22. The normalized spacial score (nSPS) is 16.5. The number of hydrogen-bond acceptors (Lipinski definition) is 5. The number of aromatic nitrogens is 2. The standard InChI is InChI=1S/C20H24N4O4/c1-5-16(25)24-15(13-8-6-12(7-9-13)11(2)3)10-14(22-24)17-18(26)21-20(28)23(4)19(17)27/h6-9,11,15,27H,5,10H2,1-4H3,(H,21,26,28)/t15-/m0/s1. The second-order valence-electron chi connectivity index (χ2n) is 7.20. The predicted molar refractivity (Wildman–Crippen MR) is 106 cm³/mol. The second-order valence-corrected chi connectivity index (χ2v) is 7.20.